The summed E-state index contributed by atoms with van der Waals surface area (Å²) in [5.74, 6) is 1.77. The fraction of sp³-hybridized carbons (Fsp3) is 0.239. The number of anilines is 2. The molecule has 4 aromatic heterocycles. The molecule has 0 saturated carbocycles. The third kappa shape index (κ3) is 9.40. The third-order valence-electron chi connectivity index (χ3n) is 10.5. The summed E-state index contributed by atoms with van der Waals surface area (Å²) in [5.41, 5.74) is 7.69. The molecule has 0 spiro atoms. The zero-order chi connectivity index (χ0) is 43.2. The van der Waals surface area contributed by atoms with Gasteiger partial charge in [-0.3, -0.25) is 14.5 Å². The molecule has 0 bridgehead atoms. The fourth-order valence-corrected chi connectivity index (χ4v) is 7.15. The first-order chi connectivity index (χ1) is 30.1. The van der Waals surface area contributed by atoms with E-state index in [0.29, 0.717) is 58.9 Å². The molecule has 314 valence electrons. The Labute approximate surface area is 358 Å². The average Bonchev–Trinajstić information content (AvgIpc) is 4.13. The molecule has 0 aliphatic carbocycles. The summed E-state index contributed by atoms with van der Waals surface area (Å²) in [6.45, 7) is 10.9. The highest BCUT2D eigenvalue weighted by molar-refractivity contribution is 6.04. The van der Waals surface area contributed by atoms with Crippen LogP contribution < -0.4 is 16.0 Å². The van der Waals surface area contributed by atoms with Gasteiger partial charge in [-0.2, -0.15) is 0 Å². The van der Waals surface area contributed by atoms with E-state index in [9.17, 15) is 14.4 Å². The number of benzene rings is 3. The van der Waals surface area contributed by atoms with Crippen molar-refractivity contribution in [2.24, 2.45) is 0 Å². The second kappa shape index (κ2) is 18.4. The second-order valence-electron chi connectivity index (χ2n) is 15.5. The summed E-state index contributed by atoms with van der Waals surface area (Å²) in [6.07, 6.45) is 2.97. The van der Waals surface area contributed by atoms with Crippen molar-refractivity contribution in [2.75, 3.05) is 10.6 Å². The van der Waals surface area contributed by atoms with Gasteiger partial charge in [0.1, 0.15) is 42.3 Å². The molecule has 9 rings (SSSR count). The topological polar surface area (TPSA) is 187 Å². The van der Waals surface area contributed by atoms with Crippen LogP contribution in [0.2, 0.25) is 0 Å². The van der Waals surface area contributed by atoms with Crippen molar-refractivity contribution in [1.82, 2.24) is 49.7 Å². The molecular weight excluding hydrogens is 785 g/mol. The minimum absolute atomic E-state index is 0.172. The lowest BCUT2D eigenvalue weighted by Gasteiger charge is -2.15. The Morgan fingerprint density at radius 2 is 1.16 bits per heavy atom. The number of aromatic nitrogens is 8. The van der Waals surface area contributed by atoms with Gasteiger partial charge in [-0.05, 0) is 104 Å². The van der Waals surface area contributed by atoms with E-state index in [1.165, 1.54) is 11.1 Å². The number of pyridine rings is 2. The van der Waals surface area contributed by atoms with Crippen LogP contribution in [0.5, 0.6) is 0 Å². The molecule has 0 fully saturated rings. The zero-order valence-electron chi connectivity index (χ0n) is 34.8. The number of carbonyl (C=O) groups excluding carboxylic acids is 3. The minimum Gasteiger partial charge on any atom is -0.445 e. The SMILES string of the molecule is CC(C)n1cnnc1-c1cccc(NC(=O)c2ccc3c(c2)CN(C(=O)OCc2ccccc2)C3)n1.CC(C)n1cnnc1-c1cccc(NC(=O)c2ccc3c(c2)CNC3)n1. The molecule has 2 aliphatic rings. The van der Waals surface area contributed by atoms with Crippen molar-refractivity contribution in [1.29, 1.82) is 0 Å². The third-order valence-corrected chi connectivity index (χ3v) is 10.5. The highest BCUT2D eigenvalue weighted by atomic mass is 16.6. The fourth-order valence-electron chi connectivity index (χ4n) is 7.15. The number of rotatable bonds is 10. The monoisotopic (exact) mass is 830 g/mol. The predicted octanol–water partition coefficient (Wildman–Crippen LogP) is 7.60. The first-order valence-corrected chi connectivity index (χ1v) is 20.4. The first-order valence-electron chi connectivity index (χ1n) is 20.4. The summed E-state index contributed by atoms with van der Waals surface area (Å²) >= 11 is 0. The van der Waals surface area contributed by atoms with Crippen molar-refractivity contribution >= 4 is 29.5 Å². The molecule has 62 heavy (non-hydrogen) atoms. The van der Waals surface area contributed by atoms with Crippen LogP contribution in [0, 0.1) is 0 Å². The average molecular weight is 831 g/mol. The van der Waals surface area contributed by atoms with Gasteiger partial charge in [-0.25, -0.2) is 14.8 Å². The lowest BCUT2D eigenvalue weighted by atomic mass is 10.1. The molecule has 16 nitrogen and oxygen atoms in total. The maximum atomic E-state index is 13.0. The van der Waals surface area contributed by atoms with Gasteiger partial charge in [-0.15, -0.1) is 20.4 Å². The van der Waals surface area contributed by atoms with Gasteiger partial charge in [0.05, 0.1) is 0 Å². The standard InChI is InChI=1S/C27H26N6O3.C19H20N6O/c1-18(2)33-17-28-31-25(33)23-9-6-10-24(29-23)30-26(34)20-11-12-21-14-32(15-22(21)13-20)27(35)36-16-19-7-4-3-5-8-19;1-12(2)25-11-21-24-18(25)16-4-3-5-17(22-16)23-19(26)13-6-7-14-9-20-10-15(14)8-13/h3-13,17-18H,14-16H2,1-2H3,(H,29,30,34);3-8,11-12,20H,9-10H2,1-2H3,(H,22,23,26). The molecule has 0 saturated heterocycles. The van der Waals surface area contributed by atoms with Gasteiger partial charge in [0, 0.05) is 49.4 Å². The highest BCUT2D eigenvalue weighted by Gasteiger charge is 2.26. The van der Waals surface area contributed by atoms with Gasteiger partial charge in [0.25, 0.3) is 11.8 Å². The van der Waals surface area contributed by atoms with Crippen molar-refractivity contribution in [3.8, 4) is 23.0 Å². The van der Waals surface area contributed by atoms with E-state index in [-0.39, 0.29) is 36.6 Å². The second-order valence-corrected chi connectivity index (χ2v) is 15.5. The van der Waals surface area contributed by atoms with Crippen LogP contribution in [0.15, 0.2) is 116 Å². The molecule has 0 atom stereocenters. The van der Waals surface area contributed by atoms with Crippen LogP contribution in [0.25, 0.3) is 23.0 Å². The highest BCUT2D eigenvalue weighted by Crippen LogP contribution is 2.26. The molecule has 0 unspecified atom stereocenters. The van der Waals surface area contributed by atoms with E-state index in [1.807, 2.05) is 108 Å². The Hall–Kier alpha value is -7.59. The van der Waals surface area contributed by atoms with Gasteiger partial charge in [0.2, 0.25) is 0 Å². The molecule has 16 heteroatoms. The molecule has 6 heterocycles. The van der Waals surface area contributed by atoms with Crippen molar-refractivity contribution in [3.05, 3.63) is 155 Å². The van der Waals surface area contributed by atoms with Crippen LogP contribution >= 0.6 is 0 Å². The summed E-state index contributed by atoms with van der Waals surface area (Å²) < 4.78 is 9.32. The summed E-state index contributed by atoms with van der Waals surface area (Å²) in [7, 11) is 0. The van der Waals surface area contributed by atoms with Gasteiger partial charge in [-0.1, -0.05) is 54.6 Å². The Balaban J connectivity index is 0.000000180. The number of amides is 3. The van der Waals surface area contributed by atoms with E-state index in [4.69, 9.17) is 4.74 Å². The maximum absolute atomic E-state index is 13.0. The van der Waals surface area contributed by atoms with Crippen LogP contribution in [-0.4, -0.2) is 62.3 Å². The maximum Gasteiger partial charge on any atom is 0.410 e. The zero-order valence-corrected chi connectivity index (χ0v) is 34.8. The number of fused-ring (bicyclic) bond motifs is 2. The van der Waals surface area contributed by atoms with Crippen molar-refractivity contribution in [3.63, 3.8) is 0 Å². The minimum atomic E-state index is -0.378. The molecule has 3 aromatic carbocycles. The molecule has 3 amide bonds. The number of nitrogens with zero attached hydrogens (tertiary/aromatic N) is 9. The smallest absolute Gasteiger partial charge is 0.410 e. The Morgan fingerprint density at radius 3 is 1.74 bits per heavy atom. The van der Waals surface area contributed by atoms with Crippen molar-refractivity contribution < 1.29 is 19.1 Å². The van der Waals surface area contributed by atoms with E-state index >= 15 is 0 Å². The van der Waals surface area contributed by atoms with E-state index in [1.54, 1.807) is 35.8 Å². The Morgan fingerprint density at radius 1 is 0.629 bits per heavy atom. The molecular formula is C46H46N12O4. The van der Waals surface area contributed by atoms with Crippen molar-refractivity contribution in [2.45, 2.75) is 72.6 Å². The summed E-state index contributed by atoms with van der Waals surface area (Å²) in [4.78, 5) is 48.8. The summed E-state index contributed by atoms with van der Waals surface area (Å²) in [5, 5.41) is 25.3. The van der Waals surface area contributed by atoms with Crippen LogP contribution in [0.3, 0.4) is 0 Å². The lowest BCUT2D eigenvalue weighted by Crippen LogP contribution is -2.26. The number of nitrogens with one attached hydrogen (secondary N) is 3. The molecule has 0 radical (unpaired) electrons. The largest absolute Gasteiger partial charge is 0.445 e. The van der Waals surface area contributed by atoms with Crippen LogP contribution in [0.1, 0.15) is 88.3 Å². The van der Waals surface area contributed by atoms with Gasteiger partial charge in [0.15, 0.2) is 11.6 Å². The molecule has 7 aromatic rings. The number of ether oxygens (including phenoxy) is 1. The molecule has 2 aliphatic heterocycles. The Kier molecular flexibility index (Phi) is 12.2. The normalized spacial score (nSPS) is 12.7. The van der Waals surface area contributed by atoms with Crippen LogP contribution in [-0.2, 0) is 37.5 Å². The van der Waals surface area contributed by atoms with E-state index in [2.05, 4.69) is 60.2 Å². The van der Waals surface area contributed by atoms with E-state index in [0.717, 1.165) is 29.8 Å². The lowest BCUT2D eigenvalue weighted by molar-refractivity contribution is 0.0954. The van der Waals surface area contributed by atoms with Gasteiger partial charge >= 0.3 is 6.09 Å². The van der Waals surface area contributed by atoms with Crippen LogP contribution in [0.4, 0.5) is 16.4 Å². The quantitative estimate of drug-likeness (QED) is 0.123. The Bertz CT molecular complexity index is 2730. The van der Waals surface area contributed by atoms with E-state index < -0.39 is 0 Å². The first kappa shape index (κ1) is 41.2. The summed E-state index contributed by atoms with van der Waals surface area (Å²) in [6, 6.07) is 32.1. The number of carbonyl (C=O) groups is 3. The van der Waals surface area contributed by atoms with Gasteiger partial charge < -0.3 is 29.8 Å². The predicted molar refractivity (Wildman–Crippen MR) is 232 cm³/mol. The number of hydrogen-bond acceptors (Lipinski definition) is 11. The molecule has 3 N–H and O–H groups in total. The number of hydrogen-bond donors (Lipinski definition) is 3.